The summed E-state index contributed by atoms with van der Waals surface area (Å²) in [5.41, 5.74) is 5.53. The summed E-state index contributed by atoms with van der Waals surface area (Å²) in [5, 5.41) is 1.06. The van der Waals surface area contributed by atoms with Gasteiger partial charge in [-0.2, -0.15) is 0 Å². The van der Waals surface area contributed by atoms with E-state index in [-0.39, 0.29) is 17.0 Å². The van der Waals surface area contributed by atoms with Crippen LogP contribution in [0, 0.1) is 5.92 Å². The third kappa shape index (κ3) is 3.01. The minimum atomic E-state index is 0. The minimum Gasteiger partial charge on any atom is -0.387 e. The van der Waals surface area contributed by atoms with Crippen molar-refractivity contribution in [3.05, 3.63) is 0 Å². The number of hydrogen-bond acceptors (Lipinski definition) is 2. The number of nitrogens with zero attached hydrogens (tertiary/aromatic N) is 1. The van der Waals surface area contributed by atoms with Crippen LogP contribution in [0.25, 0.3) is 0 Å². The third-order valence-corrected chi connectivity index (χ3v) is 2.48. The Morgan fingerprint density at radius 1 is 1.70 bits per heavy atom. The summed E-state index contributed by atoms with van der Waals surface area (Å²) in [4.78, 5) is 4.10. The van der Waals surface area contributed by atoms with Crippen LogP contribution in [0.1, 0.15) is 12.8 Å². The Labute approximate surface area is 80.2 Å². The molecule has 1 aliphatic rings. The number of nitrogens with two attached hydrogens (primary N) is 1. The van der Waals surface area contributed by atoms with Crippen molar-refractivity contribution in [1.82, 2.24) is 0 Å². The molecule has 0 saturated heterocycles. The van der Waals surface area contributed by atoms with E-state index in [1.54, 1.807) is 0 Å². The molecule has 1 atom stereocenters. The number of aliphatic imine (C=N–C) groups is 1. The average Bonchev–Trinajstić information content (AvgIpc) is 1.88. The Morgan fingerprint density at radius 3 is 2.80 bits per heavy atom. The highest BCUT2D eigenvalue weighted by atomic mass is 79.9. The van der Waals surface area contributed by atoms with Crippen LogP contribution in [-0.2, 0) is 0 Å². The highest BCUT2D eigenvalue weighted by Gasteiger charge is 2.12. The molecule has 0 aromatic heterocycles. The van der Waals surface area contributed by atoms with E-state index in [4.69, 9.17) is 5.73 Å². The largest absolute Gasteiger partial charge is 0.387 e. The lowest BCUT2D eigenvalue weighted by Gasteiger charge is -2.16. The van der Waals surface area contributed by atoms with E-state index < -0.39 is 0 Å². The molecule has 0 aromatic carbocycles. The van der Waals surface area contributed by atoms with Crippen molar-refractivity contribution in [2.24, 2.45) is 16.6 Å². The van der Waals surface area contributed by atoms with E-state index in [1.807, 2.05) is 0 Å². The first-order chi connectivity index (χ1) is 4.33. The summed E-state index contributed by atoms with van der Waals surface area (Å²) < 4.78 is 0. The first-order valence-electron chi connectivity index (χ1n) is 3.17. The molecule has 10 heavy (non-hydrogen) atoms. The molecule has 4 heteroatoms. The molecule has 1 rings (SSSR count). The van der Waals surface area contributed by atoms with Gasteiger partial charge in [-0.1, -0.05) is 15.9 Å². The van der Waals surface area contributed by atoms with E-state index in [0.29, 0.717) is 0 Å². The van der Waals surface area contributed by atoms with Gasteiger partial charge in [-0.3, -0.25) is 4.99 Å². The van der Waals surface area contributed by atoms with Gasteiger partial charge >= 0.3 is 0 Å². The predicted molar refractivity (Wildman–Crippen MR) is 53.3 cm³/mol. The highest BCUT2D eigenvalue weighted by Crippen LogP contribution is 2.15. The SMILES string of the molecule is Br.NC1=NCCC(CBr)C1. The molecule has 60 valence electrons. The number of hydrogen-bond donors (Lipinski definition) is 1. The molecule has 0 spiro atoms. The summed E-state index contributed by atoms with van der Waals surface area (Å²) in [6, 6.07) is 0. The fourth-order valence-electron chi connectivity index (χ4n) is 0.985. The van der Waals surface area contributed by atoms with Crippen LogP contribution in [-0.4, -0.2) is 17.7 Å². The van der Waals surface area contributed by atoms with Crippen LogP contribution < -0.4 is 5.73 Å². The van der Waals surface area contributed by atoms with E-state index in [9.17, 15) is 0 Å². The normalized spacial score (nSPS) is 24.9. The van der Waals surface area contributed by atoms with Crippen molar-refractivity contribution in [2.45, 2.75) is 12.8 Å². The molecule has 0 fully saturated rings. The smallest absolute Gasteiger partial charge is 0.0940 e. The van der Waals surface area contributed by atoms with Gasteiger partial charge in [0.1, 0.15) is 0 Å². The molecule has 2 N–H and O–H groups in total. The van der Waals surface area contributed by atoms with Crippen molar-refractivity contribution < 1.29 is 0 Å². The number of amidine groups is 1. The Hall–Kier alpha value is 0.430. The Kier molecular flexibility index (Phi) is 5.35. The van der Waals surface area contributed by atoms with Crippen molar-refractivity contribution in [1.29, 1.82) is 0 Å². The van der Waals surface area contributed by atoms with Crippen LogP contribution in [0.4, 0.5) is 0 Å². The van der Waals surface area contributed by atoms with Gasteiger partial charge in [0.15, 0.2) is 0 Å². The van der Waals surface area contributed by atoms with Gasteiger partial charge in [0.25, 0.3) is 0 Å². The fourth-order valence-corrected chi connectivity index (χ4v) is 1.54. The maximum Gasteiger partial charge on any atom is 0.0940 e. The standard InChI is InChI=1S/C6H11BrN2.BrH/c7-4-5-1-2-9-6(8)3-5;/h5H,1-4H2,(H2,8,9);1H. The number of alkyl halides is 1. The molecule has 1 unspecified atom stereocenters. The van der Waals surface area contributed by atoms with Crippen LogP contribution in [0.5, 0.6) is 0 Å². The molecule has 2 nitrogen and oxygen atoms in total. The van der Waals surface area contributed by atoms with Crippen LogP contribution in [0.15, 0.2) is 4.99 Å². The Bertz CT molecular complexity index is 125. The summed E-state index contributed by atoms with van der Waals surface area (Å²) in [7, 11) is 0. The van der Waals surface area contributed by atoms with Gasteiger partial charge < -0.3 is 5.73 Å². The van der Waals surface area contributed by atoms with Crippen molar-refractivity contribution in [3.63, 3.8) is 0 Å². The van der Waals surface area contributed by atoms with E-state index in [0.717, 1.165) is 30.0 Å². The van der Waals surface area contributed by atoms with Crippen LogP contribution >= 0.6 is 32.9 Å². The number of halogens is 2. The lowest BCUT2D eigenvalue weighted by atomic mass is 10.0. The lowest BCUT2D eigenvalue weighted by Crippen LogP contribution is -2.23. The van der Waals surface area contributed by atoms with Gasteiger partial charge in [0.05, 0.1) is 5.84 Å². The van der Waals surface area contributed by atoms with Gasteiger partial charge in [0.2, 0.25) is 0 Å². The minimum absolute atomic E-state index is 0. The molecule has 0 amide bonds. The van der Waals surface area contributed by atoms with Gasteiger partial charge in [-0.15, -0.1) is 17.0 Å². The third-order valence-electron chi connectivity index (χ3n) is 1.57. The second-order valence-electron chi connectivity index (χ2n) is 2.39. The molecule has 1 heterocycles. The van der Waals surface area contributed by atoms with E-state index in [2.05, 4.69) is 20.9 Å². The molecule has 0 radical (unpaired) electrons. The molecule has 0 saturated carbocycles. The molecule has 0 aromatic rings. The molecule has 0 bridgehead atoms. The lowest BCUT2D eigenvalue weighted by molar-refractivity contribution is 0.550. The zero-order chi connectivity index (χ0) is 6.69. The van der Waals surface area contributed by atoms with Crippen LogP contribution in [0.3, 0.4) is 0 Å². The number of rotatable bonds is 1. The zero-order valence-electron chi connectivity index (χ0n) is 5.72. The monoisotopic (exact) mass is 270 g/mol. The molecule has 0 aliphatic carbocycles. The zero-order valence-corrected chi connectivity index (χ0v) is 9.02. The molecular formula is C6H12Br2N2. The fraction of sp³-hybridized carbons (Fsp3) is 0.833. The molecule has 1 aliphatic heterocycles. The molecular weight excluding hydrogens is 260 g/mol. The van der Waals surface area contributed by atoms with E-state index in [1.165, 1.54) is 6.42 Å². The maximum atomic E-state index is 5.53. The van der Waals surface area contributed by atoms with Crippen molar-refractivity contribution in [2.75, 3.05) is 11.9 Å². The second-order valence-corrected chi connectivity index (χ2v) is 3.03. The van der Waals surface area contributed by atoms with Gasteiger partial charge in [-0.25, -0.2) is 0 Å². The summed E-state index contributed by atoms with van der Waals surface area (Å²) in [6.07, 6.45) is 2.16. The Balaban J connectivity index is 0.000000810. The summed E-state index contributed by atoms with van der Waals surface area (Å²) >= 11 is 3.43. The van der Waals surface area contributed by atoms with Crippen LogP contribution in [0.2, 0.25) is 0 Å². The average molecular weight is 272 g/mol. The quantitative estimate of drug-likeness (QED) is 0.725. The van der Waals surface area contributed by atoms with Crippen molar-refractivity contribution in [3.8, 4) is 0 Å². The second kappa shape index (κ2) is 5.13. The summed E-state index contributed by atoms with van der Waals surface area (Å²) in [6.45, 7) is 0.919. The Morgan fingerprint density at radius 2 is 2.40 bits per heavy atom. The highest BCUT2D eigenvalue weighted by molar-refractivity contribution is 9.09. The predicted octanol–water partition coefficient (Wildman–Crippen LogP) is 1.73. The first kappa shape index (κ1) is 10.4. The van der Waals surface area contributed by atoms with Crippen molar-refractivity contribution >= 4 is 38.7 Å². The topological polar surface area (TPSA) is 38.4 Å². The first-order valence-corrected chi connectivity index (χ1v) is 4.30. The maximum absolute atomic E-state index is 5.53. The van der Waals surface area contributed by atoms with Gasteiger partial charge in [-0.05, 0) is 12.3 Å². The summed E-state index contributed by atoms with van der Waals surface area (Å²) in [5.74, 6) is 1.55. The van der Waals surface area contributed by atoms with E-state index >= 15 is 0 Å². The van der Waals surface area contributed by atoms with Gasteiger partial charge in [0, 0.05) is 18.3 Å².